The van der Waals surface area contributed by atoms with E-state index < -0.39 is 11.9 Å². The largest absolute Gasteiger partial charge is 2.00 e. The van der Waals surface area contributed by atoms with Gasteiger partial charge in [0.15, 0.2) is 0 Å². The molecule has 0 saturated carbocycles. The molecule has 0 amide bonds. The zero-order valence-corrected chi connectivity index (χ0v) is 26.6. The minimum Gasteiger partial charge on any atom is -0.550 e. The van der Waals surface area contributed by atoms with E-state index in [0.29, 0.717) is 0 Å². The molecule has 0 heterocycles. The summed E-state index contributed by atoms with van der Waals surface area (Å²) in [5.74, 6) is -1.81. The van der Waals surface area contributed by atoms with E-state index in [0.717, 1.165) is 25.7 Å². The molecule has 0 saturated heterocycles. The Labute approximate surface area is 242 Å². The number of hydrogen-bond acceptors (Lipinski definition) is 4. The van der Waals surface area contributed by atoms with E-state index in [1.807, 2.05) is 0 Å². The Balaban J connectivity index is -0.000000608. The smallest absolute Gasteiger partial charge is 0.550 e. The molecule has 4 nitrogen and oxygen atoms in total. The van der Waals surface area contributed by atoms with Crippen LogP contribution in [0.3, 0.4) is 0 Å². The van der Waals surface area contributed by atoms with Crippen molar-refractivity contribution in [3.05, 3.63) is 0 Å². The van der Waals surface area contributed by atoms with Crippen molar-refractivity contribution in [3.8, 4) is 0 Å². The number of hydrogen-bond donors (Lipinski definition) is 0. The molecule has 220 valence electrons. The van der Waals surface area contributed by atoms with Crippen molar-refractivity contribution < 1.29 is 19.8 Å². The maximum Gasteiger partial charge on any atom is 2.00 e. The van der Waals surface area contributed by atoms with Crippen molar-refractivity contribution in [3.63, 3.8) is 0 Å². The standard InChI is InChI=1S/2C16H32O2.Se/c2*1-2-3-4-5-6-7-8-9-10-11-12-13-14-15-16(17)18;/h2*2-15H2,1H3,(H,17,18);/q;;+2/p-2. The summed E-state index contributed by atoms with van der Waals surface area (Å²) < 4.78 is 0. The molecule has 0 aliphatic heterocycles. The summed E-state index contributed by atoms with van der Waals surface area (Å²) in [6.45, 7) is 4.51. The average molecular weight is 590 g/mol. The number of carbonyl (C=O) groups excluding carboxylic acids is 2. The maximum atomic E-state index is 10.2. The van der Waals surface area contributed by atoms with Crippen LogP contribution >= 0.6 is 0 Å². The molecule has 4 radical (unpaired) electrons. The molecule has 5 heteroatoms. The molecule has 0 aliphatic rings. The second kappa shape index (κ2) is 37.6. The monoisotopic (exact) mass is 590 g/mol. The van der Waals surface area contributed by atoms with Crippen LogP contribution in [-0.4, -0.2) is 29.0 Å². The summed E-state index contributed by atoms with van der Waals surface area (Å²) in [4.78, 5) is 20.4. The third kappa shape index (κ3) is 45.7. The zero-order chi connectivity index (χ0) is 27.0. The molecule has 0 spiro atoms. The number of carboxylic acids is 2. The molecule has 0 aromatic rings. The SMILES string of the molecule is CCCCCCCCCCCCCCCC(=O)[O-].CCCCCCCCCCCCCCCC(=O)[O-].[Se+2]. The summed E-state index contributed by atoms with van der Waals surface area (Å²) in [5.41, 5.74) is 0. The Bertz CT molecular complexity index is 403. The predicted molar refractivity (Wildman–Crippen MR) is 156 cm³/mol. The third-order valence-corrected chi connectivity index (χ3v) is 6.97. The number of rotatable bonds is 28. The second-order valence-corrected chi connectivity index (χ2v) is 10.7. The molecular weight excluding hydrogens is 527 g/mol. The van der Waals surface area contributed by atoms with Gasteiger partial charge in [0.2, 0.25) is 0 Å². The summed E-state index contributed by atoms with van der Waals surface area (Å²) in [7, 11) is 0. The first kappa shape index (κ1) is 40.9. The van der Waals surface area contributed by atoms with Crippen LogP contribution in [0.5, 0.6) is 0 Å². The van der Waals surface area contributed by atoms with Crippen LogP contribution in [-0.2, 0) is 9.59 Å². The molecule has 0 atom stereocenters. The van der Waals surface area contributed by atoms with Crippen LogP contribution in [0.1, 0.15) is 194 Å². The Hall–Kier alpha value is -0.541. The summed E-state index contributed by atoms with van der Waals surface area (Å²) in [5, 5.41) is 20.4. The van der Waals surface area contributed by atoms with Crippen molar-refractivity contribution in [2.75, 3.05) is 0 Å². The van der Waals surface area contributed by atoms with E-state index in [2.05, 4.69) is 13.8 Å². The Kier molecular flexibility index (Phi) is 41.6. The molecule has 37 heavy (non-hydrogen) atoms. The molecule has 0 aliphatic carbocycles. The zero-order valence-electron chi connectivity index (χ0n) is 24.8. The average Bonchev–Trinajstić information content (AvgIpc) is 2.85. The van der Waals surface area contributed by atoms with Crippen LogP contribution in [0.25, 0.3) is 0 Å². The van der Waals surface area contributed by atoms with E-state index in [1.54, 1.807) is 0 Å². The molecule has 0 rings (SSSR count). The maximum absolute atomic E-state index is 10.2. The second-order valence-electron chi connectivity index (χ2n) is 10.7. The van der Waals surface area contributed by atoms with Crippen LogP contribution in [0.15, 0.2) is 0 Å². The Morgan fingerprint density at radius 3 is 0.676 bits per heavy atom. The first-order valence-corrected chi connectivity index (χ1v) is 15.9. The van der Waals surface area contributed by atoms with Crippen molar-refractivity contribution in [2.24, 2.45) is 0 Å². The summed E-state index contributed by atoms with van der Waals surface area (Å²) >= 11 is 0. The molecule has 0 aromatic carbocycles. The molecule has 0 unspecified atom stereocenters. The van der Waals surface area contributed by atoms with Crippen LogP contribution in [0.4, 0.5) is 0 Å². The van der Waals surface area contributed by atoms with Crippen molar-refractivity contribution >= 4 is 29.0 Å². The minimum atomic E-state index is -0.905. The van der Waals surface area contributed by atoms with Gasteiger partial charge in [0.05, 0.1) is 0 Å². The van der Waals surface area contributed by atoms with E-state index in [9.17, 15) is 19.8 Å². The Morgan fingerprint density at radius 2 is 0.514 bits per heavy atom. The Morgan fingerprint density at radius 1 is 0.351 bits per heavy atom. The predicted octanol–water partition coefficient (Wildman–Crippen LogP) is 8.05. The van der Waals surface area contributed by atoms with E-state index >= 15 is 0 Å². The van der Waals surface area contributed by atoms with Crippen molar-refractivity contribution in [1.82, 2.24) is 0 Å². The van der Waals surface area contributed by atoms with E-state index in [1.165, 1.54) is 141 Å². The van der Waals surface area contributed by atoms with Gasteiger partial charge in [-0.2, -0.15) is 0 Å². The van der Waals surface area contributed by atoms with Gasteiger partial charge in [-0.15, -0.1) is 0 Å². The number of aliphatic carboxylic acids is 2. The van der Waals surface area contributed by atoms with Gasteiger partial charge >= 0.3 is 17.1 Å². The van der Waals surface area contributed by atoms with Gasteiger partial charge in [-0.3, -0.25) is 0 Å². The van der Waals surface area contributed by atoms with Gasteiger partial charge < -0.3 is 19.8 Å². The van der Waals surface area contributed by atoms with Crippen molar-refractivity contribution in [2.45, 2.75) is 194 Å². The topological polar surface area (TPSA) is 80.3 Å². The van der Waals surface area contributed by atoms with Gasteiger partial charge in [-0.05, 0) is 25.7 Å². The normalized spacial score (nSPS) is 10.4. The van der Waals surface area contributed by atoms with E-state index in [4.69, 9.17) is 0 Å². The fourth-order valence-corrected chi connectivity index (χ4v) is 4.57. The van der Waals surface area contributed by atoms with Gasteiger partial charge in [0.1, 0.15) is 0 Å². The molecule has 0 aromatic heterocycles. The number of unbranched alkanes of at least 4 members (excludes halogenated alkanes) is 24. The van der Waals surface area contributed by atoms with Crippen molar-refractivity contribution in [1.29, 1.82) is 0 Å². The molecular formula is C32H62O4Se. The number of carboxylic acid groups (broad SMARTS) is 2. The third-order valence-electron chi connectivity index (χ3n) is 6.97. The van der Waals surface area contributed by atoms with Crippen LogP contribution in [0, 0.1) is 0 Å². The van der Waals surface area contributed by atoms with Crippen LogP contribution in [0.2, 0.25) is 0 Å². The summed E-state index contributed by atoms with van der Waals surface area (Å²) in [6.07, 6.45) is 33.9. The van der Waals surface area contributed by atoms with Gasteiger partial charge in [-0.25, -0.2) is 0 Å². The van der Waals surface area contributed by atoms with Gasteiger partial charge in [-0.1, -0.05) is 168 Å². The van der Waals surface area contributed by atoms with Gasteiger partial charge in [0.25, 0.3) is 0 Å². The van der Waals surface area contributed by atoms with Crippen LogP contribution < -0.4 is 10.2 Å². The molecule has 0 bridgehead atoms. The first-order valence-electron chi connectivity index (χ1n) is 15.9. The summed E-state index contributed by atoms with van der Waals surface area (Å²) in [6, 6.07) is 0. The molecule has 0 fully saturated rings. The fraction of sp³-hybridized carbons (Fsp3) is 0.938. The first-order chi connectivity index (χ1) is 17.5. The number of carbonyl (C=O) groups is 2. The quantitative estimate of drug-likeness (QED) is 0.0683. The minimum absolute atomic E-state index is 0. The fourth-order valence-electron chi connectivity index (χ4n) is 4.57. The molecule has 0 N–H and O–H groups in total. The van der Waals surface area contributed by atoms with E-state index in [-0.39, 0.29) is 29.9 Å². The van der Waals surface area contributed by atoms with Gasteiger partial charge in [0, 0.05) is 11.9 Å².